The van der Waals surface area contributed by atoms with E-state index in [2.05, 4.69) is 109 Å². The van der Waals surface area contributed by atoms with Crippen LogP contribution in [0.25, 0.3) is 0 Å². The molecule has 1 nitrogen and oxygen atoms in total. The smallest absolute Gasteiger partial charge is 0.130 e. The van der Waals surface area contributed by atoms with Gasteiger partial charge in [-0.3, -0.25) is 0 Å². The first kappa shape index (κ1) is 24.0. The lowest BCUT2D eigenvalue weighted by Crippen LogP contribution is -2.19. The van der Waals surface area contributed by atoms with Gasteiger partial charge in [0.15, 0.2) is 0 Å². The number of hydrogen-bond donors (Lipinski definition) is 0. The summed E-state index contributed by atoms with van der Waals surface area (Å²) >= 11 is 0. The van der Waals surface area contributed by atoms with Gasteiger partial charge in [-0.05, 0) is 77.9 Å². The third kappa shape index (κ3) is 6.41. The predicted octanol–water partition coefficient (Wildman–Crippen LogP) is 7.05. The van der Waals surface area contributed by atoms with Crippen molar-refractivity contribution in [3.05, 3.63) is 88.5 Å². The van der Waals surface area contributed by atoms with Gasteiger partial charge in [0.05, 0.1) is 0 Å². The van der Waals surface area contributed by atoms with E-state index in [0.717, 1.165) is 5.75 Å². The first-order chi connectivity index (χ1) is 14.6. The molecule has 164 valence electrons. The maximum absolute atomic E-state index is 6.47. The number of aryl methyl sites for hydroxylation is 2. The quantitative estimate of drug-likeness (QED) is 0.351. The van der Waals surface area contributed by atoms with Crippen LogP contribution in [0.4, 0.5) is 0 Å². The Morgan fingerprint density at radius 1 is 0.871 bits per heavy atom. The molecule has 0 fully saturated rings. The van der Waals surface area contributed by atoms with Crippen molar-refractivity contribution in [3.8, 4) is 5.75 Å². The van der Waals surface area contributed by atoms with E-state index in [1.54, 1.807) is 0 Å². The number of ether oxygens (including phenoxy) is 1. The highest BCUT2D eigenvalue weighted by molar-refractivity contribution is 7.57. The second-order valence-corrected chi connectivity index (χ2v) is 13.4. The van der Waals surface area contributed by atoms with Gasteiger partial charge in [-0.1, -0.05) is 83.9 Å². The molecule has 0 aliphatic carbocycles. The van der Waals surface area contributed by atoms with E-state index < -0.39 is 0 Å². The maximum Gasteiger partial charge on any atom is 0.130 e. The molecular formula is C28H36OP2. The molecule has 3 aromatic rings. The molecule has 0 spiro atoms. The molecule has 3 heteroatoms. The van der Waals surface area contributed by atoms with E-state index in [-0.39, 0.29) is 13.3 Å². The third-order valence-electron chi connectivity index (χ3n) is 5.47. The number of rotatable bonds is 7. The Balaban J connectivity index is 2.04. The Kier molecular flexibility index (Phi) is 7.96. The summed E-state index contributed by atoms with van der Waals surface area (Å²) in [6, 6.07) is 21.9. The minimum absolute atomic E-state index is 0.0176. The molecule has 0 aromatic heterocycles. The van der Waals surface area contributed by atoms with E-state index in [1.165, 1.54) is 44.6 Å². The topological polar surface area (TPSA) is 9.23 Å². The van der Waals surface area contributed by atoms with Crippen LogP contribution in [-0.2, 0) is 18.2 Å². The highest BCUT2D eigenvalue weighted by atomic mass is 31.1. The zero-order valence-electron chi connectivity index (χ0n) is 20.0. The Labute approximate surface area is 192 Å². The molecule has 0 heterocycles. The van der Waals surface area contributed by atoms with E-state index >= 15 is 0 Å². The lowest BCUT2D eigenvalue weighted by atomic mass is 9.86. The zero-order valence-corrected chi connectivity index (χ0v) is 21.9. The van der Waals surface area contributed by atoms with Crippen molar-refractivity contribution in [1.29, 1.82) is 0 Å². The van der Waals surface area contributed by atoms with Crippen molar-refractivity contribution in [2.45, 2.75) is 52.8 Å². The van der Waals surface area contributed by atoms with E-state index in [9.17, 15) is 0 Å². The van der Waals surface area contributed by atoms with Crippen LogP contribution in [0.1, 0.15) is 48.6 Å². The van der Waals surface area contributed by atoms with Crippen molar-refractivity contribution < 1.29 is 4.74 Å². The monoisotopic (exact) mass is 450 g/mol. The zero-order chi connectivity index (χ0) is 22.6. The molecule has 0 aliphatic rings. The Bertz CT molecular complexity index is 1020. The highest BCUT2D eigenvalue weighted by Gasteiger charge is 2.20. The Morgan fingerprint density at radius 2 is 1.58 bits per heavy atom. The molecule has 0 N–H and O–H groups in total. The summed E-state index contributed by atoms with van der Waals surface area (Å²) in [6.07, 6.45) is 1.18. The lowest BCUT2D eigenvalue weighted by Gasteiger charge is -2.24. The summed E-state index contributed by atoms with van der Waals surface area (Å²) in [5.74, 6) is 1.06. The van der Waals surface area contributed by atoms with Gasteiger partial charge in [0.2, 0.25) is 0 Å². The van der Waals surface area contributed by atoms with Gasteiger partial charge in [-0.15, -0.1) is 7.92 Å². The molecule has 3 rings (SSSR count). The predicted molar refractivity (Wildman–Crippen MR) is 142 cm³/mol. The molecule has 0 bridgehead atoms. The highest BCUT2D eigenvalue weighted by Crippen LogP contribution is 2.35. The second kappa shape index (κ2) is 10.3. The number of hydrogen-bond acceptors (Lipinski definition) is 1. The first-order valence-corrected chi connectivity index (χ1v) is 14.4. The summed E-state index contributed by atoms with van der Waals surface area (Å²) in [6.45, 7) is 16.7. The van der Waals surface area contributed by atoms with Gasteiger partial charge in [0.25, 0.3) is 0 Å². The lowest BCUT2D eigenvalue weighted by molar-refractivity contribution is 0.306. The van der Waals surface area contributed by atoms with Crippen LogP contribution in [0.2, 0.25) is 0 Å². The van der Waals surface area contributed by atoms with Crippen molar-refractivity contribution in [3.63, 3.8) is 0 Å². The summed E-state index contributed by atoms with van der Waals surface area (Å²) < 4.78 is 6.47. The van der Waals surface area contributed by atoms with Crippen LogP contribution in [0.5, 0.6) is 5.75 Å². The number of benzene rings is 3. The molecule has 31 heavy (non-hydrogen) atoms. The van der Waals surface area contributed by atoms with Gasteiger partial charge < -0.3 is 4.74 Å². The van der Waals surface area contributed by atoms with Crippen LogP contribution < -0.4 is 15.3 Å². The average molecular weight is 451 g/mol. The third-order valence-corrected chi connectivity index (χ3v) is 8.05. The van der Waals surface area contributed by atoms with Gasteiger partial charge in [-0.2, -0.15) is 0 Å². The molecule has 1 atom stereocenters. The summed E-state index contributed by atoms with van der Waals surface area (Å²) in [5, 5.41) is 2.82. The Hall–Kier alpha value is -1.68. The van der Waals surface area contributed by atoms with Crippen molar-refractivity contribution in [2.24, 2.45) is 0 Å². The second-order valence-electron chi connectivity index (χ2n) is 9.67. The van der Waals surface area contributed by atoms with Crippen LogP contribution in [-0.4, -0.2) is 13.3 Å². The Morgan fingerprint density at radius 3 is 2.23 bits per heavy atom. The minimum Gasteiger partial charge on any atom is -0.488 e. The normalized spacial score (nSPS) is 12.1. The van der Waals surface area contributed by atoms with Gasteiger partial charge in [0, 0.05) is 5.30 Å². The van der Waals surface area contributed by atoms with Gasteiger partial charge in [-0.25, -0.2) is 0 Å². The fourth-order valence-corrected chi connectivity index (χ4v) is 6.32. The molecule has 3 aromatic carbocycles. The standard InChI is InChI=1S/C28H36OP2/c1-20-12-11-15-23(19-31(6)7)27(20)30-25-17-24(28(3,4)5)16-21(2)26(25)29-18-22-13-9-8-10-14-22/h8-17,30H,18-19H2,1-7H3. The molecule has 0 saturated heterocycles. The van der Waals surface area contributed by atoms with E-state index in [0.29, 0.717) is 15.2 Å². The minimum atomic E-state index is 0.0176. The first-order valence-electron chi connectivity index (χ1n) is 11.0. The van der Waals surface area contributed by atoms with E-state index in [1.807, 2.05) is 0 Å². The van der Waals surface area contributed by atoms with Crippen molar-refractivity contribution in [2.75, 3.05) is 13.3 Å². The van der Waals surface area contributed by atoms with Crippen LogP contribution in [0.3, 0.4) is 0 Å². The van der Waals surface area contributed by atoms with Gasteiger partial charge >= 0.3 is 0 Å². The molecule has 0 saturated carbocycles. The van der Waals surface area contributed by atoms with Gasteiger partial charge in [0.1, 0.15) is 12.4 Å². The molecule has 0 aliphatic heterocycles. The summed E-state index contributed by atoms with van der Waals surface area (Å²) in [7, 11) is 0.615. The SMILES string of the molecule is Cc1cc(C(C)(C)C)cc(Pc2c(C)cccc2CP(C)C)c1OCc1ccccc1. The van der Waals surface area contributed by atoms with Crippen LogP contribution in [0, 0.1) is 13.8 Å². The van der Waals surface area contributed by atoms with Crippen LogP contribution >= 0.6 is 16.5 Å². The summed E-state index contributed by atoms with van der Waals surface area (Å²) in [4.78, 5) is 0. The van der Waals surface area contributed by atoms with E-state index in [4.69, 9.17) is 4.74 Å². The molecule has 1 unspecified atom stereocenters. The van der Waals surface area contributed by atoms with Crippen LogP contribution in [0.15, 0.2) is 60.7 Å². The fourth-order valence-electron chi connectivity index (χ4n) is 3.74. The largest absolute Gasteiger partial charge is 0.488 e. The van der Waals surface area contributed by atoms with Crippen molar-refractivity contribution >= 4 is 27.1 Å². The molecule has 0 amide bonds. The maximum atomic E-state index is 6.47. The summed E-state index contributed by atoms with van der Waals surface area (Å²) in [5.41, 5.74) is 6.81. The molecular weight excluding hydrogens is 414 g/mol. The fraction of sp³-hybridized carbons (Fsp3) is 0.357. The molecule has 0 radical (unpaired) electrons. The average Bonchev–Trinajstić information content (AvgIpc) is 2.69. The van der Waals surface area contributed by atoms with Crippen molar-refractivity contribution in [1.82, 2.24) is 0 Å².